The Balaban J connectivity index is 2.06. The van der Waals surface area contributed by atoms with E-state index in [4.69, 9.17) is 5.73 Å². The van der Waals surface area contributed by atoms with Gasteiger partial charge in [0.15, 0.2) is 5.65 Å². The number of amides is 1. The summed E-state index contributed by atoms with van der Waals surface area (Å²) in [6.45, 7) is 0.249. The lowest BCUT2D eigenvalue weighted by Gasteiger charge is -2.04. The van der Waals surface area contributed by atoms with E-state index >= 15 is 0 Å². The number of benzene rings is 1. The molecule has 0 bridgehead atoms. The summed E-state index contributed by atoms with van der Waals surface area (Å²) in [6, 6.07) is 10.1. The quantitative estimate of drug-likeness (QED) is 0.791. The molecule has 0 aliphatic heterocycles. The van der Waals surface area contributed by atoms with E-state index in [0.29, 0.717) is 16.9 Å². The van der Waals surface area contributed by atoms with Crippen LogP contribution >= 0.6 is 0 Å². The molecule has 0 fully saturated rings. The fourth-order valence-electron chi connectivity index (χ4n) is 2.27. The maximum Gasteiger partial charge on any atom is 0.223 e. The van der Waals surface area contributed by atoms with Gasteiger partial charge in [0.1, 0.15) is 5.82 Å². The van der Waals surface area contributed by atoms with Crippen molar-refractivity contribution in [2.45, 2.75) is 13.0 Å². The van der Waals surface area contributed by atoms with E-state index in [1.165, 1.54) is 6.07 Å². The first-order chi connectivity index (χ1) is 10.1. The van der Waals surface area contributed by atoms with Crippen LogP contribution in [0.3, 0.4) is 0 Å². The topological polar surface area (TPSA) is 73.8 Å². The summed E-state index contributed by atoms with van der Waals surface area (Å²) in [5.41, 5.74) is 6.91. The van der Waals surface area contributed by atoms with Crippen molar-refractivity contribution in [3.05, 3.63) is 59.7 Å². The molecule has 0 saturated heterocycles. The van der Waals surface area contributed by atoms with Crippen molar-refractivity contribution in [1.29, 1.82) is 0 Å². The van der Waals surface area contributed by atoms with Crippen molar-refractivity contribution in [1.82, 2.24) is 14.8 Å². The molecule has 2 heterocycles. The highest BCUT2D eigenvalue weighted by atomic mass is 19.1. The minimum atomic E-state index is -0.462. The standard InChI is InChI=1S/C15H13FN4O/c16-12-6-2-1-4-10(12)9-20-15-11(5-3-7-18-15)13(19-20)8-14(17)21/h1-7H,8-9H2,(H2,17,21). The van der Waals surface area contributed by atoms with E-state index in [9.17, 15) is 9.18 Å². The third-order valence-corrected chi connectivity index (χ3v) is 3.20. The number of nitrogens with two attached hydrogens (primary N) is 1. The van der Waals surface area contributed by atoms with Crippen molar-refractivity contribution in [2.75, 3.05) is 0 Å². The number of hydrogen-bond acceptors (Lipinski definition) is 3. The predicted octanol–water partition coefficient (Wildman–Crippen LogP) is 1.65. The molecule has 2 aromatic heterocycles. The van der Waals surface area contributed by atoms with Crippen molar-refractivity contribution >= 4 is 16.9 Å². The summed E-state index contributed by atoms with van der Waals surface area (Å²) in [5.74, 6) is -0.759. The molecule has 0 spiro atoms. The lowest BCUT2D eigenvalue weighted by Crippen LogP contribution is -2.14. The summed E-state index contributed by atoms with van der Waals surface area (Å²) in [5, 5.41) is 5.11. The summed E-state index contributed by atoms with van der Waals surface area (Å²) < 4.78 is 15.3. The number of carbonyl (C=O) groups excluding carboxylic acids is 1. The van der Waals surface area contributed by atoms with Gasteiger partial charge in [-0.15, -0.1) is 0 Å². The molecule has 0 aliphatic rings. The van der Waals surface area contributed by atoms with Crippen LogP contribution in [0.15, 0.2) is 42.6 Å². The van der Waals surface area contributed by atoms with Crippen LogP contribution in [0.2, 0.25) is 0 Å². The average molecular weight is 284 g/mol. The van der Waals surface area contributed by atoms with Gasteiger partial charge in [-0.2, -0.15) is 5.10 Å². The van der Waals surface area contributed by atoms with Gasteiger partial charge >= 0.3 is 0 Å². The molecular weight excluding hydrogens is 271 g/mol. The second-order valence-electron chi connectivity index (χ2n) is 4.71. The highest BCUT2D eigenvalue weighted by molar-refractivity contribution is 5.85. The van der Waals surface area contributed by atoms with Crippen molar-refractivity contribution in [2.24, 2.45) is 5.73 Å². The summed E-state index contributed by atoms with van der Waals surface area (Å²) in [4.78, 5) is 15.4. The van der Waals surface area contributed by atoms with Gasteiger partial charge in [-0.25, -0.2) is 14.1 Å². The molecule has 106 valence electrons. The SMILES string of the molecule is NC(=O)Cc1nn(Cc2ccccc2F)c2ncccc12. The number of pyridine rings is 1. The highest BCUT2D eigenvalue weighted by Crippen LogP contribution is 2.18. The molecule has 6 heteroatoms. The third kappa shape index (κ3) is 2.60. The van der Waals surface area contributed by atoms with Gasteiger partial charge in [0, 0.05) is 17.1 Å². The van der Waals surface area contributed by atoms with Crippen LogP contribution in [-0.2, 0) is 17.8 Å². The van der Waals surface area contributed by atoms with Crippen LogP contribution in [0.25, 0.3) is 11.0 Å². The molecule has 3 rings (SSSR count). The maximum absolute atomic E-state index is 13.8. The zero-order valence-corrected chi connectivity index (χ0v) is 11.2. The molecule has 0 aliphatic carbocycles. The lowest BCUT2D eigenvalue weighted by atomic mass is 10.2. The molecule has 5 nitrogen and oxygen atoms in total. The third-order valence-electron chi connectivity index (χ3n) is 3.20. The summed E-state index contributed by atoms with van der Waals surface area (Å²) >= 11 is 0. The fourth-order valence-corrected chi connectivity index (χ4v) is 2.27. The average Bonchev–Trinajstić information content (AvgIpc) is 2.79. The summed E-state index contributed by atoms with van der Waals surface area (Å²) in [7, 11) is 0. The minimum Gasteiger partial charge on any atom is -0.369 e. The monoisotopic (exact) mass is 284 g/mol. The normalized spacial score (nSPS) is 10.9. The van der Waals surface area contributed by atoms with Crippen LogP contribution < -0.4 is 5.73 Å². The van der Waals surface area contributed by atoms with E-state index in [1.807, 2.05) is 6.07 Å². The largest absolute Gasteiger partial charge is 0.369 e. The Bertz CT molecular complexity index is 812. The predicted molar refractivity (Wildman–Crippen MR) is 75.9 cm³/mol. The Labute approximate surface area is 120 Å². The van der Waals surface area contributed by atoms with Crippen LogP contribution in [0.4, 0.5) is 4.39 Å². The first kappa shape index (κ1) is 13.2. The van der Waals surface area contributed by atoms with Gasteiger partial charge in [-0.05, 0) is 18.2 Å². The van der Waals surface area contributed by atoms with E-state index in [1.54, 1.807) is 35.1 Å². The molecule has 0 saturated carbocycles. The number of fused-ring (bicyclic) bond motifs is 1. The Kier molecular flexibility index (Phi) is 3.35. The van der Waals surface area contributed by atoms with E-state index in [0.717, 1.165) is 5.39 Å². The zero-order chi connectivity index (χ0) is 14.8. The van der Waals surface area contributed by atoms with Crippen molar-refractivity contribution < 1.29 is 9.18 Å². The van der Waals surface area contributed by atoms with Crippen LogP contribution in [-0.4, -0.2) is 20.7 Å². The second kappa shape index (κ2) is 5.32. The summed E-state index contributed by atoms with van der Waals surface area (Å²) in [6.07, 6.45) is 1.67. The molecule has 2 N–H and O–H groups in total. The van der Waals surface area contributed by atoms with Gasteiger partial charge in [0.05, 0.1) is 18.7 Å². The van der Waals surface area contributed by atoms with Gasteiger partial charge in [-0.1, -0.05) is 18.2 Å². The Morgan fingerprint density at radius 2 is 2.05 bits per heavy atom. The Morgan fingerprint density at radius 3 is 2.81 bits per heavy atom. The molecule has 1 aromatic carbocycles. The molecule has 1 amide bonds. The lowest BCUT2D eigenvalue weighted by molar-refractivity contribution is -0.117. The number of halogens is 1. The van der Waals surface area contributed by atoms with E-state index in [-0.39, 0.29) is 18.8 Å². The van der Waals surface area contributed by atoms with Crippen LogP contribution in [0.5, 0.6) is 0 Å². The first-order valence-electron chi connectivity index (χ1n) is 6.47. The van der Waals surface area contributed by atoms with Gasteiger partial charge in [-0.3, -0.25) is 4.79 Å². The minimum absolute atomic E-state index is 0.0342. The first-order valence-corrected chi connectivity index (χ1v) is 6.47. The molecule has 3 aromatic rings. The number of carbonyl (C=O) groups is 1. The van der Waals surface area contributed by atoms with Crippen LogP contribution in [0, 0.1) is 5.82 Å². The van der Waals surface area contributed by atoms with Crippen molar-refractivity contribution in [3.8, 4) is 0 Å². The van der Waals surface area contributed by atoms with E-state index < -0.39 is 5.91 Å². The maximum atomic E-state index is 13.8. The van der Waals surface area contributed by atoms with Gasteiger partial charge in [0.2, 0.25) is 5.91 Å². The van der Waals surface area contributed by atoms with Gasteiger partial charge in [0.25, 0.3) is 0 Å². The number of primary amides is 1. The zero-order valence-electron chi connectivity index (χ0n) is 11.2. The highest BCUT2D eigenvalue weighted by Gasteiger charge is 2.14. The second-order valence-corrected chi connectivity index (χ2v) is 4.71. The van der Waals surface area contributed by atoms with Crippen LogP contribution in [0.1, 0.15) is 11.3 Å². The molecular formula is C15H13FN4O. The number of aromatic nitrogens is 3. The molecule has 21 heavy (non-hydrogen) atoms. The number of rotatable bonds is 4. The number of nitrogens with zero attached hydrogens (tertiary/aromatic N) is 3. The fraction of sp³-hybridized carbons (Fsp3) is 0.133. The number of hydrogen-bond donors (Lipinski definition) is 1. The Hall–Kier alpha value is -2.76. The van der Waals surface area contributed by atoms with Crippen molar-refractivity contribution in [3.63, 3.8) is 0 Å². The molecule has 0 radical (unpaired) electrons. The molecule has 0 unspecified atom stereocenters. The molecule has 0 atom stereocenters. The van der Waals surface area contributed by atoms with E-state index in [2.05, 4.69) is 10.1 Å². The van der Waals surface area contributed by atoms with Gasteiger partial charge < -0.3 is 5.73 Å². The smallest absolute Gasteiger partial charge is 0.223 e. The Morgan fingerprint density at radius 1 is 1.24 bits per heavy atom.